The molecule has 3 heterocycles. The van der Waals surface area contributed by atoms with Crippen molar-refractivity contribution in [3.63, 3.8) is 0 Å². The summed E-state index contributed by atoms with van der Waals surface area (Å²) < 4.78 is 25.3. The number of fused-ring (bicyclic) bond motifs is 1. The number of carbonyl (C=O) groups is 1. The largest absolute Gasteiger partial charge is 0.351 e. The lowest BCUT2D eigenvalue weighted by Crippen LogP contribution is -2.52. The Labute approximate surface area is 147 Å². The summed E-state index contributed by atoms with van der Waals surface area (Å²) in [6.07, 6.45) is 2.72. The van der Waals surface area contributed by atoms with Crippen molar-refractivity contribution in [2.24, 2.45) is 7.05 Å². The van der Waals surface area contributed by atoms with E-state index in [-0.39, 0.29) is 17.7 Å². The highest BCUT2D eigenvalue weighted by atomic mass is 32.2. The average Bonchev–Trinajstić information content (AvgIpc) is 3.16. The standard InChI is InChI=1S/C18H23N3O3S/c1-19-6-4-14-2-3-15(12-17(14)19)18(22)21-9-7-20(8-10-21)16-5-11-25(23,24)13-16/h2-4,6,12,16H,5,7-11,13H2,1H3/t16-/m0/s1. The zero-order chi connectivity index (χ0) is 17.6. The van der Waals surface area contributed by atoms with E-state index in [9.17, 15) is 13.2 Å². The normalized spacial score (nSPS) is 24.0. The Morgan fingerprint density at radius 1 is 1.12 bits per heavy atom. The van der Waals surface area contributed by atoms with Crippen LogP contribution >= 0.6 is 0 Å². The van der Waals surface area contributed by atoms with Crippen molar-refractivity contribution >= 4 is 26.6 Å². The average molecular weight is 361 g/mol. The Morgan fingerprint density at radius 2 is 1.88 bits per heavy atom. The number of amides is 1. The monoisotopic (exact) mass is 361 g/mol. The number of nitrogens with zero attached hydrogens (tertiary/aromatic N) is 3. The van der Waals surface area contributed by atoms with Crippen LogP contribution in [0.5, 0.6) is 0 Å². The number of hydrogen-bond acceptors (Lipinski definition) is 4. The molecule has 25 heavy (non-hydrogen) atoms. The molecule has 0 saturated carbocycles. The molecule has 0 aliphatic carbocycles. The summed E-state index contributed by atoms with van der Waals surface area (Å²) in [7, 11) is -0.884. The molecule has 0 spiro atoms. The van der Waals surface area contributed by atoms with Crippen LogP contribution in [0.4, 0.5) is 0 Å². The molecule has 134 valence electrons. The fourth-order valence-electron chi connectivity index (χ4n) is 3.93. The van der Waals surface area contributed by atoms with Gasteiger partial charge in [0.05, 0.1) is 11.5 Å². The van der Waals surface area contributed by atoms with E-state index in [0.29, 0.717) is 24.4 Å². The molecule has 1 aromatic carbocycles. The van der Waals surface area contributed by atoms with Gasteiger partial charge in [-0.25, -0.2) is 8.42 Å². The van der Waals surface area contributed by atoms with Crippen LogP contribution in [-0.2, 0) is 16.9 Å². The van der Waals surface area contributed by atoms with Crippen molar-refractivity contribution in [2.45, 2.75) is 12.5 Å². The third-order valence-corrected chi connectivity index (χ3v) is 7.21. The molecule has 0 radical (unpaired) electrons. The Bertz CT molecular complexity index is 911. The van der Waals surface area contributed by atoms with Gasteiger partial charge in [0.25, 0.3) is 5.91 Å². The van der Waals surface area contributed by atoms with Crippen molar-refractivity contribution in [3.05, 3.63) is 36.0 Å². The summed E-state index contributed by atoms with van der Waals surface area (Å²) in [5, 5.41) is 1.13. The lowest BCUT2D eigenvalue weighted by Gasteiger charge is -2.37. The fourth-order valence-corrected chi connectivity index (χ4v) is 5.69. The van der Waals surface area contributed by atoms with Gasteiger partial charge in [-0.1, -0.05) is 6.07 Å². The van der Waals surface area contributed by atoms with Gasteiger partial charge in [-0.3, -0.25) is 9.69 Å². The van der Waals surface area contributed by atoms with Gasteiger partial charge in [-0.15, -0.1) is 0 Å². The van der Waals surface area contributed by atoms with Crippen molar-refractivity contribution in [1.82, 2.24) is 14.4 Å². The molecule has 6 nitrogen and oxygen atoms in total. The minimum Gasteiger partial charge on any atom is -0.351 e. The number of aryl methyl sites for hydroxylation is 1. The van der Waals surface area contributed by atoms with Gasteiger partial charge < -0.3 is 9.47 Å². The predicted molar refractivity (Wildman–Crippen MR) is 97.5 cm³/mol. The second-order valence-corrected chi connectivity index (χ2v) is 9.31. The number of sulfone groups is 1. The van der Waals surface area contributed by atoms with Crippen LogP contribution < -0.4 is 0 Å². The highest BCUT2D eigenvalue weighted by Crippen LogP contribution is 2.21. The lowest BCUT2D eigenvalue weighted by molar-refractivity contribution is 0.0588. The molecule has 7 heteroatoms. The molecule has 4 rings (SSSR count). The first-order valence-electron chi connectivity index (χ1n) is 8.72. The van der Waals surface area contributed by atoms with Gasteiger partial charge in [0.1, 0.15) is 0 Å². The molecular weight excluding hydrogens is 338 g/mol. The maximum Gasteiger partial charge on any atom is 0.254 e. The van der Waals surface area contributed by atoms with E-state index in [1.54, 1.807) is 0 Å². The summed E-state index contributed by atoms with van der Waals surface area (Å²) in [6, 6.07) is 8.00. The first kappa shape index (κ1) is 16.6. The van der Waals surface area contributed by atoms with Gasteiger partial charge >= 0.3 is 0 Å². The van der Waals surface area contributed by atoms with E-state index in [0.717, 1.165) is 30.4 Å². The number of aromatic nitrogens is 1. The van der Waals surface area contributed by atoms with Gasteiger partial charge in [-0.05, 0) is 30.0 Å². The molecule has 2 aliphatic rings. The summed E-state index contributed by atoms with van der Waals surface area (Å²) in [6.45, 7) is 2.80. The zero-order valence-corrected chi connectivity index (χ0v) is 15.2. The van der Waals surface area contributed by atoms with Gasteiger partial charge in [-0.2, -0.15) is 0 Å². The van der Waals surface area contributed by atoms with Crippen molar-refractivity contribution in [1.29, 1.82) is 0 Å². The van der Waals surface area contributed by atoms with Crippen LogP contribution in [0.25, 0.3) is 10.9 Å². The van der Waals surface area contributed by atoms with Crippen LogP contribution in [0.1, 0.15) is 16.8 Å². The van der Waals surface area contributed by atoms with Gasteiger partial charge in [0, 0.05) is 56.5 Å². The quantitative estimate of drug-likeness (QED) is 0.804. The third-order valence-electron chi connectivity index (χ3n) is 5.46. The van der Waals surface area contributed by atoms with Crippen LogP contribution in [-0.4, -0.2) is 72.4 Å². The van der Waals surface area contributed by atoms with E-state index in [2.05, 4.69) is 4.90 Å². The molecular formula is C18H23N3O3S. The smallest absolute Gasteiger partial charge is 0.254 e. The third kappa shape index (κ3) is 3.18. The number of benzene rings is 1. The summed E-state index contributed by atoms with van der Waals surface area (Å²) >= 11 is 0. The minimum atomic E-state index is -2.86. The summed E-state index contributed by atoms with van der Waals surface area (Å²) in [5.41, 5.74) is 1.77. The molecule has 2 aromatic rings. The number of carbonyl (C=O) groups excluding carboxylic acids is 1. The molecule has 0 unspecified atom stereocenters. The number of hydrogen-bond donors (Lipinski definition) is 0. The molecule has 1 aromatic heterocycles. The van der Waals surface area contributed by atoms with E-state index in [1.165, 1.54) is 0 Å². The lowest BCUT2D eigenvalue weighted by atomic mass is 10.1. The van der Waals surface area contributed by atoms with Crippen LogP contribution in [0, 0.1) is 0 Å². The fraction of sp³-hybridized carbons (Fsp3) is 0.500. The van der Waals surface area contributed by atoms with Crippen molar-refractivity contribution < 1.29 is 13.2 Å². The second kappa shape index (κ2) is 6.14. The van der Waals surface area contributed by atoms with Crippen LogP contribution in [0.2, 0.25) is 0 Å². The van der Waals surface area contributed by atoms with Gasteiger partial charge in [0.2, 0.25) is 0 Å². The van der Waals surface area contributed by atoms with Crippen LogP contribution in [0.15, 0.2) is 30.5 Å². The Kier molecular flexibility index (Phi) is 4.08. The highest BCUT2D eigenvalue weighted by Gasteiger charge is 2.34. The molecule has 2 fully saturated rings. The molecule has 0 bridgehead atoms. The summed E-state index contributed by atoms with van der Waals surface area (Å²) in [4.78, 5) is 16.9. The SMILES string of the molecule is Cn1ccc2ccc(C(=O)N3CCN([C@H]4CCS(=O)(=O)C4)CC3)cc21. The Hall–Kier alpha value is -1.86. The maximum atomic E-state index is 12.8. The molecule has 1 amide bonds. The second-order valence-electron chi connectivity index (χ2n) is 7.09. The Morgan fingerprint density at radius 3 is 2.56 bits per heavy atom. The molecule has 1 atom stereocenters. The molecule has 2 aliphatic heterocycles. The highest BCUT2D eigenvalue weighted by molar-refractivity contribution is 7.91. The summed E-state index contributed by atoms with van der Waals surface area (Å²) in [5.74, 6) is 0.625. The minimum absolute atomic E-state index is 0.0572. The van der Waals surface area contributed by atoms with E-state index >= 15 is 0 Å². The topological polar surface area (TPSA) is 62.6 Å². The van der Waals surface area contributed by atoms with Crippen LogP contribution in [0.3, 0.4) is 0 Å². The molecule has 0 N–H and O–H groups in total. The van der Waals surface area contributed by atoms with E-state index in [1.807, 2.05) is 47.0 Å². The molecule has 2 saturated heterocycles. The predicted octanol–water partition coefficient (Wildman–Crippen LogP) is 1.12. The van der Waals surface area contributed by atoms with Crippen molar-refractivity contribution in [3.8, 4) is 0 Å². The number of piperazine rings is 1. The zero-order valence-electron chi connectivity index (χ0n) is 14.4. The van der Waals surface area contributed by atoms with E-state index < -0.39 is 9.84 Å². The Balaban J connectivity index is 1.43. The first-order chi connectivity index (χ1) is 11.9. The van der Waals surface area contributed by atoms with E-state index in [4.69, 9.17) is 0 Å². The maximum absolute atomic E-state index is 12.8. The first-order valence-corrected chi connectivity index (χ1v) is 10.5. The number of rotatable bonds is 2. The van der Waals surface area contributed by atoms with Gasteiger partial charge in [0.15, 0.2) is 9.84 Å². The van der Waals surface area contributed by atoms with Crippen molar-refractivity contribution in [2.75, 3.05) is 37.7 Å².